The van der Waals surface area contributed by atoms with Crippen LogP contribution in [0.5, 0.6) is 11.5 Å². The quantitative estimate of drug-likeness (QED) is 0.283. The van der Waals surface area contributed by atoms with Gasteiger partial charge in [0.2, 0.25) is 0 Å². The van der Waals surface area contributed by atoms with Gasteiger partial charge in [0.25, 0.3) is 0 Å². The van der Waals surface area contributed by atoms with Crippen molar-refractivity contribution in [3.8, 4) is 11.5 Å². The van der Waals surface area contributed by atoms with Gasteiger partial charge in [0.05, 0.1) is 0 Å². The van der Waals surface area contributed by atoms with E-state index >= 15 is 0 Å². The van der Waals surface area contributed by atoms with Crippen molar-refractivity contribution in [2.24, 2.45) is 17.8 Å². The molecule has 2 heteroatoms. The first kappa shape index (κ1) is 30.0. The first-order valence-electron chi connectivity index (χ1n) is 14.9. The molecule has 0 unspecified atom stereocenters. The molecule has 0 saturated heterocycles. The van der Waals surface area contributed by atoms with E-state index in [2.05, 4.69) is 69.2 Å². The topological polar surface area (TPSA) is 29.5 Å². The lowest BCUT2D eigenvalue weighted by Crippen LogP contribution is -2.37. The zero-order valence-corrected chi connectivity index (χ0v) is 25.0. The molecule has 1 heterocycles. The SMILES string of the molecule is Cc1c2c(c(C(C)C)c(O)c1C(C)C)CC[C@@](C)(CCC[C@H](C)CCC[C@H](C)CCCC(C)C)O2. The van der Waals surface area contributed by atoms with Crippen molar-refractivity contribution in [2.75, 3.05) is 0 Å². The molecular formula is C33H58O2. The molecule has 2 nitrogen and oxygen atoms in total. The average Bonchev–Trinajstić information content (AvgIpc) is 2.73. The summed E-state index contributed by atoms with van der Waals surface area (Å²) >= 11 is 0. The fourth-order valence-electron chi connectivity index (χ4n) is 6.32. The molecule has 0 bridgehead atoms. The predicted octanol–water partition coefficient (Wildman–Crippen LogP) is 10.5. The number of fused-ring (bicyclic) bond motifs is 1. The Kier molecular flexibility index (Phi) is 11.5. The lowest BCUT2D eigenvalue weighted by molar-refractivity contribution is 0.0509. The largest absolute Gasteiger partial charge is 0.507 e. The monoisotopic (exact) mass is 486 g/mol. The number of phenolic OH excluding ortho intramolecular Hbond substituents is 1. The molecule has 0 aliphatic carbocycles. The third kappa shape index (κ3) is 8.43. The number of benzene rings is 1. The molecule has 2 rings (SSSR count). The Bertz CT molecular complexity index is 791. The highest BCUT2D eigenvalue weighted by Crippen LogP contribution is 2.49. The van der Waals surface area contributed by atoms with Crippen molar-refractivity contribution in [3.05, 3.63) is 22.3 Å². The molecule has 0 radical (unpaired) electrons. The van der Waals surface area contributed by atoms with Gasteiger partial charge in [-0.05, 0) is 74.7 Å². The molecule has 35 heavy (non-hydrogen) atoms. The molecule has 1 N–H and O–H groups in total. The standard InChI is InChI=1S/C33H58O2/c1-22(2)14-11-15-25(7)16-12-17-26(8)18-13-20-33(10)21-19-28-30(24(5)6)31(34)29(23(3)4)27(9)32(28)35-33/h22-26,34H,11-21H2,1-10H3/t25-,26-,33-/m1/s1. The van der Waals surface area contributed by atoms with Gasteiger partial charge in [-0.25, -0.2) is 0 Å². The molecule has 0 amide bonds. The second-order valence-corrected chi connectivity index (χ2v) is 13.3. The van der Waals surface area contributed by atoms with Crippen LogP contribution in [-0.2, 0) is 6.42 Å². The summed E-state index contributed by atoms with van der Waals surface area (Å²) in [6.45, 7) is 22.8. The minimum Gasteiger partial charge on any atom is -0.507 e. The van der Waals surface area contributed by atoms with Crippen LogP contribution in [0.4, 0.5) is 0 Å². The summed E-state index contributed by atoms with van der Waals surface area (Å²) in [6, 6.07) is 0. The summed E-state index contributed by atoms with van der Waals surface area (Å²) in [5.74, 6) is 4.70. The molecule has 202 valence electrons. The van der Waals surface area contributed by atoms with Crippen LogP contribution in [0, 0.1) is 24.7 Å². The van der Waals surface area contributed by atoms with Crippen LogP contribution >= 0.6 is 0 Å². The lowest BCUT2D eigenvalue weighted by atomic mass is 9.80. The highest BCUT2D eigenvalue weighted by molar-refractivity contribution is 5.61. The van der Waals surface area contributed by atoms with Crippen LogP contribution in [0.15, 0.2) is 0 Å². The van der Waals surface area contributed by atoms with Gasteiger partial charge in [-0.2, -0.15) is 0 Å². The highest BCUT2D eigenvalue weighted by atomic mass is 16.5. The van der Waals surface area contributed by atoms with Gasteiger partial charge >= 0.3 is 0 Å². The second-order valence-electron chi connectivity index (χ2n) is 13.3. The van der Waals surface area contributed by atoms with Gasteiger partial charge in [-0.15, -0.1) is 0 Å². The summed E-state index contributed by atoms with van der Waals surface area (Å²) in [5, 5.41) is 11.1. The number of aromatic hydroxyl groups is 1. The molecule has 3 atom stereocenters. The lowest BCUT2D eigenvalue weighted by Gasteiger charge is -2.39. The number of ether oxygens (including phenoxy) is 1. The zero-order chi connectivity index (χ0) is 26.3. The minimum absolute atomic E-state index is 0.0954. The van der Waals surface area contributed by atoms with E-state index in [1.54, 1.807) is 0 Å². The number of hydrogen-bond donors (Lipinski definition) is 1. The Balaban J connectivity index is 1.90. The Morgan fingerprint density at radius 3 is 1.80 bits per heavy atom. The van der Waals surface area contributed by atoms with Crippen LogP contribution in [0.25, 0.3) is 0 Å². The van der Waals surface area contributed by atoms with Crippen LogP contribution in [0.3, 0.4) is 0 Å². The second kappa shape index (κ2) is 13.4. The summed E-state index contributed by atoms with van der Waals surface area (Å²) in [6.07, 6.45) is 14.0. The van der Waals surface area contributed by atoms with Crippen molar-refractivity contribution in [2.45, 2.75) is 157 Å². The molecular weight excluding hydrogens is 428 g/mol. The maximum absolute atomic E-state index is 11.1. The minimum atomic E-state index is -0.0954. The fourth-order valence-corrected chi connectivity index (χ4v) is 6.32. The van der Waals surface area contributed by atoms with Crippen molar-refractivity contribution >= 4 is 0 Å². The van der Waals surface area contributed by atoms with Gasteiger partial charge in [0.1, 0.15) is 17.1 Å². The van der Waals surface area contributed by atoms with Crippen molar-refractivity contribution in [1.29, 1.82) is 0 Å². The molecule has 1 aliphatic heterocycles. The van der Waals surface area contributed by atoms with Gasteiger partial charge < -0.3 is 9.84 Å². The molecule has 0 spiro atoms. The number of hydrogen-bond acceptors (Lipinski definition) is 2. The van der Waals surface area contributed by atoms with Gasteiger partial charge in [0.15, 0.2) is 0 Å². The molecule has 0 fully saturated rings. The van der Waals surface area contributed by atoms with E-state index < -0.39 is 0 Å². The van der Waals surface area contributed by atoms with E-state index in [0.29, 0.717) is 11.7 Å². The van der Waals surface area contributed by atoms with Crippen LogP contribution in [0.1, 0.15) is 161 Å². The van der Waals surface area contributed by atoms with Crippen LogP contribution in [-0.4, -0.2) is 10.7 Å². The molecule has 1 aromatic rings. The first-order chi connectivity index (χ1) is 16.4. The van der Waals surface area contributed by atoms with Gasteiger partial charge in [-0.1, -0.05) is 100 Å². The van der Waals surface area contributed by atoms with E-state index in [9.17, 15) is 5.11 Å². The van der Waals surface area contributed by atoms with Crippen LogP contribution in [0.2, 0.25) is 0 Å². The van der Waals surface area contributed by atoms with Crippen molar-refractivity contribution in [3.63, 3.8) is 0 Å². The summed E-state index contributed by atoms with van der Waals surface area (Å²) < 4.78 is 6.82. The van der Waals surface area contributed by atoms with E-state index in [1.165, 1.54) is 56.9 Å². The van der Waals surface area contributed by atoms with Gasteiger partial charge in [-0.3, -0.25) is 0 Å². The average molecular weight is 487 g/mol. The van der Waals surface area contributed by atoms with Crippen molar-refractivity contribution in [1.82, 2.24) is 0 Å². The predicted molar refractivity (Wildman–Crippen MR) is 153 cm³/mol. The third-order valence-corrected chi connectivity index (χ3v) is 8.54. The Morgan fingerprint density at radius 2 is 1.29 bits per heavy atom. The Labute approximate surface area is 218 Å². The summed E-state index contributed by atoms with van der Waals surface area (Å²) in [7, 11) is 0. The highest BCUT2D eigenvalue weighted by Gasteiger charge is 2.36. The molecule has 1 aliphatic rings. The molecule has 0 saturated carbocycles. The molecule has 0 aromatic heterocycles. The summed E-state index contributed by atoms with van der Waals surface area (Å²) in [5.41, 5.74) is 4.50. The summed E-state index contributed by atoms with van der Waals surface area (Å²) in [4.78, 5) is 0. The van der Waals surface area contributed by atoms with Crippen LogP contribution < -0.4 is 4.74 Å². The first-order valence-corrected chi connectivity index (χ1v) is 14.9. The third-order valence-electron chi connectivity index (χ3n) is 8.54. The van der Waals surface area contributed by atoms with Gasteiger partial charge in [0, 0.05) is 16.7 Å². The van der Waals surface area contributed by atoms with E-state index in [1.807, 2.05) is 0 Å². The Hall–Kier alpha value is -1.18. The molecule has 1 aromatic carbocycles. The van der Waals surface area contributed by atoms with E-state index in [4.69, 9.17) is 4.74 Å². The normalized spacial score (nSPS) is 19.8. The maximum atomic E-state index is 11.1. The van der Waals surface area contributed by atoms with Crippen molar-refractivity contribution < 1.29 is 9.84 Å². The smallest absolute Gasteiger partial charge is 0.127 e. The van der Waals surface area contributed by atoms with E-state index in [-0.39, 0.29) is 11.5 Å². The van der Waals surface area contributed by atoms with E-state index in [0.717, 1.165) is 59.5 Å². The maximum Gasteiger partial charge on any atom is 0.127 e. The Morgan fingerprint density at radius 1 is 0.771 bits per heavy atom. The zero-order valence-electron chi connectivity index (χ0n) is 25.0. The number of phenols is 1. The number of rotatable bonds is 14. The fraction of sp³-hybridized carbons (Fsp3) is 0.818.